The summed E-state index contributed by atoms with van der Waals surface area (Å²) in [6.45, 7) is 7.47. The van der Waals surface area contributed by atoms with Gasteiger partial charge in [0, 0.05) is 17.5 Å². The molecule has 1 heterocycles. The van der Waals surface area contributed by atoms with Crippen molar-refractivity contribution in [3.8, 4) is 0 Å². The third-order valence-electron chi connectivity index (χ3n) is 5.19. The predicted molar refractivity (Wildman–Crippen MR) is 112 cm³/mol. The monoisotopic (exact) mass is 411 g/mol. The van der Waals surface area contributed by atoms with Crippen molar-refractivity contribution in [2.45, 2.75) is 50.5 Å². The zero-order valence-electron chi connectivity index (χ0n) is 17.0. The number of carbonyl (C=O) groups is 1. The molecule has 6 heteroatoms. The molecule has 0 radical (unpaired) electrons. The molecule has 2 aromatic carbocycles. The molecule has 152 valence electrons. The number of carbonyl (C=O) groups excluding carboxylic acids is 1. The molecule has 1 fully saturated rings. The van der Waals surface area contributed by atoms with Gasteiger partial charge in [-0.05, 0) is 57.9 Å². The number of fused-ring (bicyclic) bond motifs is 1. The number of aryl methyl sites for hydroxylation is 1. The summed E-state index contributed by atoms with van der Waals surface area (Å²) < 4.78 is 33.4. The number of benzene rings is 2. The van der Waals surface area contributed by atoms with Gasteiger partial charge in [-0.2, -0.15) is 0 Å². The first-order valence-electron chi connectivity index (χ1n) is 9.73. The van der Waals surface area contributed by atoms with Gasteiger partial charge < -0.3 is 4.74 Å². The molecule has 29 heavy (non-hydrogen) atoms. The fourth-order valence-corrected chi connectivity index (χ4v) is 5.05. The number of esters is 1. The Kier molecular flexibility index (Phi) is 4.57. The molecule has 0 aliphatic heterocycles. The topological polar surface area (TPSA) is 65.4 Å². The Morgan fingerprint density at radius 1 is 1.07 bits per heavy atom. The molecule has 0 bridgehead atoms. The third-order valence-corrected chi connectivity index (χ3v) is 6.87. The van der Waals surface area contributed by atoms with Crippen molar-refractivity contribution in [2.24, 2.45) is 5.92 Å². The standard InChI is InChI=1S/C23H25NO4S/c1-15-9-11-16(12-10-15)29(26,27)24-14-20(17-7-5-6-8-21(17)24)18-13-19(18)22(25)28-23(2,3)4/h5-12,14,18-19H,13H2,1-4H3/t18-,19-/m0/s1. The second kappa shape index (κ2) is 6.73. The van der Waals surface area contributed by atoms with Crippen molar-refractivity contribution < 1.29 is 17.9 Å². The maximum absolute atomic E-state index is 13.3. The lowest BCUT2D eigenvalue weighted by molar-refractivity contribution is -0.156. The van der Waals surface area contributed by atoms with Crippen LogP contribution < -0.4 is 0 Å². The number of rotatable bonds is 4. The Bertz CT molecular complexity index is 1180. The highest BCUT2D eigenvalue weighted by Gasteiger charge is 2.47. The first kappa shape index (κ1) is 19.7. The normalized spacial score (nSPS) is 19.3. The van der Waals surface area contributed by atoms with Crippen LogP contribution in [0.15, 0.2) is 59.6 Å². The summed E-state index contributed by atoms with van der Waals surface area (Å²) in [7, 11) is -3.73. The van der Waals surface area contributed by atoms with E-state index in [2.05, 4.69) is 0 Å². The van der Waals surface area contributed by atoms with Crippen LogP contribution in [-0.4, -0.2) is 24.0 Å². The van der Waals surface area contributed by atoms with Gasteiger partial charge in [0.1, 0.15) is 5.60 Å². The summed E-state index contributed by atoms with van der Waals surface area (Å²) >= 11 is 0. The number of ether oxygens (including phenoxy) is 1. The minimum absolute atomic E-state index is 0.0239. The minimum atomic E-state index is -3.73. The summed E-state index contributed by atoms with van der Waals surface area (Å²) in [6.07, 6.45) is 2.35. The Labute approximate surface area is 171 Å². The molecule has 4 rings (SSSR count). The fourth-order valence-electron chi connectivity index (χ4n) is 3.67. The highest BCUT2D eigenvalue weighted by atomic mass is 32.2. The molecule has 0 amide bonds. The largest absolute Gasteiger partial charge is 0.460 e. The van der Waals surface area contributed by atoms with E-state index in [-0.39, 0.29) is 22.7 Å². The van der Waals surface area contributed by atoms with Gasteiger partial charge in [0.05, 0.1) is 16.3 Å². The van der Waals surface area contributed by atoms with Crippen LogP contribution in [0.2, 0.25) is 0 Å². The smallest absolute Gasteiger partial charge is 0.310 e. The van der Waals surface area contributed by atoms with Crippen molar-refractivity contribution in [3.05, 3.63) is 65.9 Å². The number of para-hydroxylation sites is 1. The van der Waals surface area contributed by atoms with E-state index in [0.717, 1.165) is 16.5 Å². The van der Waals surface area contributed by atoms with E-state index in [1.165, 1.54) is 3.97 Å². The van der Waals surface area contributed by atoms with Crippen LogP contribution in [0.25, 0.3) is 10.9 Å². The van der Waals surface area contributed by atoms with Gasteiger partial charge in [0.25, 0.3) is 10.0 Å². The van der Waals surface area contributed by atoms with Crippen LogP contribution in [0, 0.1) is 12.8 Å². The molecule has 3 aromatic rings. The van der Waals surface area contributed by atoms with Crippen molar-refractivity contribution in [3.63, 3.8) is 0 Å². The SMILES string of the molecule is Cc1ccc(S(=O)(=O)n2cc([C@H]3C[C@@H]3C(=O)OC(C)(C)C)c3ccccc32)cc1. The molecular weight excluding hydrogens is 386 g/mol. The maximum atomic E-state index is 13.3. The second-order valence-electron chi connectivity index (χ2n) is 8.70. The zero-order valence-corrected chi connectivity index (χ0v) is 17.9. The van der Waals surface area contributed by atoms with Gasteiger partial charge in [-0.1, -0.05) is 35.9 Å². The minimum Gasteiger partial charge on any atom is -0.460 e. The van der Waals surface area contributed by atoms with Gasteiger partial charge in [-0.25, -0.2) is 12.4 Å². The van der Waals surface area contributed by atoms with Crippen molar-refractivity contribution in [1.29, 1.82) is 0 Å². The van der Waals surface area contributed by atoms with Crippen molar-refractivity contribution in [1.82, 2.24) is 3.97 Å². The zero-order chi connectivity index (χ0) is 21.0. The molecule has 1 saturated carbocycles. The summed E-state index contributed by atoms with van der Waals surface area (Å²) in [5.74, 6) is -0.472. The molecule has 0 saturated heterocycles. The van der Waals surface area contributed by atoms with Gasteiger partial charge >= 0.3 is 5.97 Å². The van der Waals surface area contributed by atoms with E-state index in [0.29, 0.717) is 11.9 Å². The fraction of sp³-hybridized carbons (Fsp3) is 0.348. The Morgan fingerprint density at radius 3 is 2.38 bits per heavy atom. The number of nitrogens with zero attached hydrogens (tertiary/aromatic N) is 1. The first-order chi connectivity index (χ1) is 13.6. The first-order valence-corrected chi connectivity index (χ1v) is 11.2. The van der Waals surface area contributed by atoms with E-state index in [4.69, 9.17) is 4.74 Å². The van der Waals surface area contributed by atoms with E-state index < -0.39 is 15.6 Å². The molecule has 1 aliphatic rings. The lowest BCUT2D eigenvalue weighted by Crippen LogP contribution is -2.25. The second-order valence-corrected chi connectivity index (χ2v) is 10.5. The Morgan fingerprint density at radius 2 is 1.72 bits per heavy atom. The molecule has 0 N–H and O–H groups in total. The summed E-state index contributed by atoms with van der Waals surface area (Å²) in [6, 6.07) is 14.3. The molecule has 0 unspecified atom stereocenters. The molecule has 2 atom stereocenters. The molecule has 5 nitrogen and oxygen atoms in total. The molecule has 1 aromatic heterocycles. The average Bonchev–Trinajstić information content (AvgIpc) is 3.34. The van der Waals surface area contributed by atoms with Crippen LogP contribution >= 0.6 is 0 Å². The summed E-state index contributed by atoms with van der Waals surface area (Å²) in [5.41, 5.74) is 1.97. The summed E-state index contributed by atoms with van der Waals surface area (Å²) in [4.78, 5) is 12.7. The number of aromatic nitrogens is 1. The van der Waals surface area contributed by atoms with Crippen molar-refractivity contribution >= 4 is 26.9 Å². The van der Waals surface area contributed by atoms with E-state index in [1.54, 1.807) is 36.5 Å². The van der Waals surface area contributed by atoms with Crippen LogP contribution in [0.1, 0.15) is 44.2 Å². The molecule has 1 aliphatic carbocycles. The predicted octanol–water partition coefficient (Wildman–Crippen LogP) is 4.63. The lowest BCUT2D eigenvalue weighted by atomic mass is 10.1. The van der Waals surface area contributed by atoms with Crippen LogP contribution in [-0.2, 0) is 19.6 Å². The van der Waals surface area contributed by atoms with Gasteiger partial charge in [0.2, 0.25) is 0 Å². The van der Waals surface area contributed by atoms with Crippen molar-refractivity contribution in [2.75, 3.05) is 0 Å². The highest BCUT2D eigenvalue weighted by Crippen LogP contribution is 2.51. The van der Waals surface area contributed by atoms with E-state index >= 15 is 0 Å². The Hall–Kier alpha value is -2.60. The van der Waals surface area contributed by atoms with Gasteiger partial charge in [-0.3, -0.25) is 4.79 Å². The van der Waals surface area contributed by atoms with Crippen LogP contribution in [0.3, 0.4) is 0 Å². The maximum Gasteiger partial charge on any atom is 0.310 e. The third kappa shape index (κ3) is 3.69. The molecular formula is C23H25NO4S. The number of hydrogen-bond acceptors (Lipinski definition) is 4. The van der Waals surface area contributed by atoms with Gasteiger partial charge in [0.15, 0.2) is 0 Å². The summed E-state index contributed by atoms with van der Waals surface area (Å²) in [5, 5.41) is 0.860. The lowest BCUT2D eigenvalue weighted by Gasteiger charge is -2.19. The molecule has 0 spiro atoms. The van der Waals surface area contributed by atoms with Gasteiger partial charge in [-0.15, -0.1) is 0 Å². The highest BCUT2D eigenvalue weighted by molar-refractivity contribution is 7.90. The Balaban J connectivity index is 1.74. The van der Waals surface area contributed by atoms with E-state index in [9.17, 15) is 13.2 Å². The average molecular weight is 412 g/mol. The van der Waals surface area contributed by atoms with E-state index in [1.807, 2.05) is 45.9 Å². The quantitative estimate of drug-likeness (QED) is 0.587. The van der Waals surface area contributed by atoms with Crippen LogP contribution in [0.4, 0.5) is 0 Å². The number of hydrogen-bond donors (Lipinski definition) is 0. The van der Waals surface area contributed by atoms with Crippen LogP contribution in [0.5, 0.6) is 0 Å².